The van der Waals surface area contributed by atoms with Crippen LogP contribution in [0.2, 0.25) is 0 Å². The summed E-state index contributed by atoms with van der Waals surface area (Å²) in [5.41, 5.74) is 9.43. The van der Waals surface area contributed by atoms with Crippen LogP contribution in [0.15, 0.2) is 48.5 Å². The van der Waals surface area contributed by atoms with Crippen molar-refractivity contribution in [1.29, 1.82) is 0 Å². The topological polar surface area (TPSA) is 72.4 Å². The highest BCUT2D eigenvalue weighted by Gasteiger charge is 2.13. The Morgan fingerprint density at radius 2 is 1.86 bits per heavy atom. The van der Waals surface area contributed by atoms with Crippen LogP contribution in [0.4, 0.5) is 11.4 Å². The molecule has 0 aliphatic carbocycles. The third-order valence-corrected chi connectivity index (χ3v) is 3.77. The molecule has 2 aromatic carbocycles. The smallest absolute Gasteiger partial charge is 0.269 e. The van der Waals surface area contributed by atoms with Crippen molar-refractivity contribution in [1.82, 2.24) is 0 Å². The normalized spacial score (nSPS) is 12.0. The Kier molecular flexibility index (Phi) is 5.12. The number of rotatable bonds is 6. The Hall–Kier alpha value is -2.40. The van der Waals surface area contributed by atoms with Crippen LogP contribution in [0.1, 0.15) is 17.0 Å². The molecule has 0 aliphatic heterocycles. The first-order valence-electron chi connectivity index (χ1n) is 7.22. The van der Waals surface area contributed by atoms with Gasteiger partial charge in [0.15, 0.2) is 0 Å². The minimum atomic E-state index is -0.384. The SMILES string of the molecule is CN(C)c1cccc(C(CN)Cc2ccc([N+](=O)[O-])cc2)c1. The van der Waals surface area contributed by atoms with Crippen molar-refractivity contribution in [3.63, 3.8) is 0 Å². The lowest BCUT2D eigenvalue weighted by atomic mass is 9.91. The molecule has 0 bridgehead atoms. The van der Waals surface area contributed by atoms with Gasteiger partial charge in [-0.3, -0.25) is 10.1 Å². The van der Waals surface area contributed by atoms with E-state index < -0.39 is 0 Å². The predicted octanol–water partition coefficient (Wildman–Crippen LogP) is 2.95. The first-order valence-corrected chi connectivity index (χ1v) is 7.22. The number of benzene rings is 2. The van der Waals surface area contributed by atoms with E-state index >= 15 is 0 Å². The highest BCUT2D eigenvalue weighted by molar-refractivity contribution is 5.48. The van der Waals surface area contributed by atoms with E-state index in [9.17, 15) is 10.1 Å². The zero-order chi connectivity index (χ0) is 16.1. The molecule has 5 nitrogen and oxygen atoms in total. The number of nitro groups is 1. The Morgan fingerprint density at radius 3 is 2.41 bits per heavy atom. The number of hydrogen-bond donors (Lipinski definition) is 1. The first-order chi connectivity index (χ1) is 10.5. The van der Waals surface area contributed by atoms with Gasteiger partial charge in [-0.15, -0.1) is 0 Å². The van der Waals surface area contributed by atoms with Crippen LogP contribution in [-0.4, -0.2) is 25.6 Å². The molecule has 1 atom stereocenters. The molecule has 0 radical (unpaired) electrons. The predicted molar refractivity (Wildman–Crippen MR) is 89.4 cm³/mol. The quantitative estimate of drug-likeness (QED) is 0.657. The summed E-state index contributed by atoms with van der Waals surface area (Å²) in [5, 5.41) is 10.7. The lowest BCUT2D eigenvalue weighted by Gasteiger charge is -2.19. The average molecular weight is 299 g/mol. The second-order valence-corrected chi connectivity index (χ2v) is 5.55. The Morgan fingerprint density at radius 1 is 1.18 bits per heavy atom. The van der Waals surface area contributed by atoms with E-state index in [2.05, 4.69) is 23.1 Å². The Labute approximate surface area is 130 Å². The van der Waals surface area contributed by atoms with Crippen molar-refractivity contribution in [2.24, 2.45) is 5.73 Å². The summed E-state index contributed by atoms with van der Waals surface area (Å²) in [6.07, 6.45) is 0.769. The molecule has 0 heterocycles. The summed E-state index contributed by atoms with van der Waals surface area (Å²) < 4.78 is 0. The fraction of sp³-hybridized carbons (Fsp3) is 0.294. The molecule has 5 heteroatoms. The summed E-state index contributed by atoms with van der Waals surface area (Å²) in [5.74, 6) is 0.196. The number of nitrogens with two attached hydrogens (primary N) is 1. The van der Waals surface area contributed by atoms with E-state index in [0.717, 1.165) is 17.7 Å². The maximum Gasteiger partial charge on any atom is 0.269 e. The second-order valence-electron chi connectivity index (χ2n) is 5.55. The number of nitro benzene ring substituents is 1. The summed E-state index contributed by atoms with van der Waals surface area (Å²) >= 11 is 0. The van der Waals surface area contributed by atoms with Crippen LogP contribution in [0.25, 0.3) is 0 Å². The number of non-ortho nitro benzene ring substituents is 1. The lowest BCUT2D eigenvalue weighted by Crippen LogP contribution is -2.16. The van der Waals surface area contributed by atoms with Gasteiger partial charge in [0.05, 0.1) is 4.92 Å². The van der Waals surface area contributed by atoms with Crippen molar-refractivity contribution in [2.45, 2.75) is 12.3 Å². The lowest BCUT2D eigenvalue weighted by molar-refractivity contribution is -0.384. The summed E-state index contributed by atoms with van der Waals surface area (Å²) in [7, 11) is 4.01. The molecule has 2 N–H and O–H groups in total. The van der Waals surface area contributed by atoms with Crippen molar-refractivity contribution < 1.29 is 4.92 Å². The second kappa shape index (κ2) is 7.04. The van der Waals surface area contributed by atoms with Crippen LogP contribution >= 0.6 is 0 Å². The van der Waals surface area contributed by atoms with Crippen LogP contribution in [-0.2, 0) is 6.42 Å². The fourth-order valence-corrected chi connectivity index (χ4v) is 2.43. The molecule has 0 fully saturated rings. The molecule has 2 rings (SSSR count). The van der Waals surface area contributed by atoms with E-state index in [1.54, 1.807) is 24.3 Å². The highest BCUT2D eigenvalue weighted by Crippen LogP contribution is 2.24. The van der Waals surface area contributed by atoms with Crippen LogP contribution in [0, 0.1) is 10.1 Å². The molecule has 22 heavy (non-hydrogen) atoms. The maximum atomic E-state index is 10.7. The molecule has 0 saturated carbocycles. The fourth-order valence-electron chi connectivity index (χ4n) is 2.43. The molecule has 0 spiro atoms. The van der Waals surface area contributed by atoms with Crippen molar-refractivity contribution >= 4 is 11.4 Å². The number of nitrogens with zero attached hydrogens (tertiary/aromatic N) is 2. The zero-order valence-corrected chi connectivity index (χ0v) is 12.9. The van der Waals surface area contributed by atoms with Crippen molar-refractivity contribution in [3.8, 4) is 0 Å². The zero-order valence-electron chi connectivity index (χ0n) is 12.9. The van der Waals surface area contributed by atoms with Gasteiger partial charge in [0.25, 0.3) is 5.69 Å². The molecule has 0 aliphatic rings. The molecule has 0 saturated heterocycles. The summed E-state index contributed by atoms with van der Waals surface area (Å²) in [6.45, 7) is 0.536. The van der Waals surface area contributed by atoms with Crippen molar-refractivity contribution in [2.75, 3.05) is 25.5 Å². The summed E-state index contributed by atoms with van der Waals surface area (Å²) in [4.78, 5) is 12.4. The molecular formula is C17H21N3O2. The van der Waals surface area contributed by atoms with E-state index in [1.165, 1.54) is 5.56 Å². The van der Waals surface area contributed by atoms with Gasteiger partial charge >= 0.3 is 0 Å². The van der Waals surface area contributed by atoms with Gasteiger partial charge < -0.3 is 10.6 Å². The van der Waals surface area contributed by atoms with Gasteiger partial charge in [0, 0.05) is 37.8 Å². The molecule has 116 valence electrons. The third kappa shape index (κ3) is 3.83. The monoisotopic (exact) mass is 299 g/mol. The van der Waals surface area contributed by atoms with E-state index in [1.807, 2.05) is 20.2 Å². The third-order valence-electron chi connectivity index (χ3n) is 3.77. The molecular weight excluding hydrogens is 278 g/mol. The number of anilines is 1. The molecule has 2 aromatic rings. The van der Waals surface area contributed by atoms with E-state index in [4.69, 9.17) is 5.73 Å². The molecule has 0 aromatic heterocycles. The molecule has 1 unspecified atom stereocenters. The minimum Gasteiger partial charge on any atom is -0.378 e. The summed E-state index contributed by atoms with van der Waals surface area (Å²) in [6, 6.07) is 15.0. The van der Waals surface area contributed by atoms with Gasteiger partial charge in [0.2, 0.25) is 0 Å². The number of hydrogen-bond acceptors (Lipinski definition) is 4. The largest absolute Gasteiger partial charge is 0.378 e. The van der Waals surface area contributed by atoms with Gasteiger partial charge in [0.1, 0.15) is 0 Å². The standard InChI is InChI=1S/C17H21N3O2/c1-19(2)17-5-3-4-14(11-17)15(12-18)10-13-6-8-16(9-7-13)20(21)22/h3-9,11,15H,10,12,18H2,1-2H3. The van der Waals surface area contributed by atoms with E-state index in [0.29, 0.717) is 6.54 Å². The van der Waals surface area contributed by atoms with Gasteiger partial charge in [-0.2, -0.15) is 0 Å². The molecule has 0 amide bonds. The van der Waals surface area contributed by atoms with Gasteiger partial charge in [-0.1, -0.05) is 24.3 Å². The maximum absolute atomic E-state index is 10.7. The van der Waals surface area contributed by atoms with Crippen LogP contribution < -0.4 is 10.6 Å². The van der Waals surface area contributed by atoms with Crippen molar-refractivity contribution in [3.05, 3.63) is 69.8 Å². The first kappa shape index (κ1) is 16.0. The van der Waals surface area contributed by atoms with Gasteiger partial charge in [-0.25, -0.2) is 0 Å². The Bertz CT molecular complexity index is 639. The Balaban J connectivity index is 2.18. The van der Waals surface area contributed by atoms with E-state index in [-0.39, 0.29) is 16.5 Å². The highest BCUT2D eigenvalue weighted by atomic mass is 16.6. The average Bonchev–Trinajstić information content (AvgIpc) is 2.53. The van der Waals surface area contributed by atoms with Crippen LogP contribution in [0.3, 0.4) is 0 Å². The van der Waals surface area contributed by atoms with Gasteiger partial charge in [-0.05, 0) is 36.2 Å². The van der Waals surface area contributed by atoms with Crippen LogP contribution in [0.5, 0.6) is 0 Å². The minimum absolute atomic E-state index is 0.114.